The average molecular weight is 277 g/mol. The van der Waals surface area contributed by atoms with Crippen LogP contribution in [0.25, 0.3) is 0 Å². The molecule has 2 atom stereocenters. The van der Waals surface area contributed by atoms with Gasteiger partial charge in [-0.2, -0.15) is 0 Å². The Bertz CT molecular complexity index is 629. The van der Waals surface area contributed by atoms with Crippen LogP contribution in [0, 0.1) is 24.2 Å². The van der Waals surface area contributed by atoms with Gasteiger partial charge in [0.05, 0.1) is 4.90 Å². The van der Waals surface area contributed by atoms with Crippen LogP contribution in [0.3, 0.4) is 0 Å². The van der Waals surface area contributed by atoms with E-state index in [1.54, 1.807) is 18.3 Å². The third kappa shape index (κ3) is 1.89. The van der Waals surface area contributed by atoms with Crippen LogP contribution in [0.5, 0.6) is 0 Å². The Morgan fingerprint density at radius 2 is 1.84 bits per heavy atom. The maximum atomic E-state index is 12.5. The first kappa shape index (κ1) is 12.7. The highest BCUT2D eigenvalue weighted by atomic mass is 32.2. The van der Waals surface area contributed by atoms with E-state index in [-0.39, 0.29) is 5.41 Å². The van der Waals surface area contributed by atoms with E-state index < -0.39 is 10.0 Å². The first-order valence-corrected chi connectivity index (χ1v) is 8.04. The van der Waals surface area contributed by atoms with Crippen LogP contribution >= 0.6 is 0 Å². The summed E-state index contributed by atoms with van der Waals surface area (Å²) >= 11 is 0. The van der Waals surface area contributed by atoms with Crippen molar-refractivity contribution in [3.05, 3.63) is 42.1 Å². The van der Waals surface area contributed by atoms with Gasteiger partial charge in [0.2, 0.25) is 0 Å². The van der Waals surface area contributed by atoms with E-state index in [9.17, 15) is 8.42 Å². The molecule has 0 bridgehead atoms. The van der Waals surface area contributed by atoms with Gasteiger partial charge < -0.3 is 0 Å². The second-order valence-corrected chi connectivity index (χ2v) is 8.07. The van der Waals surface area contributed by atoms with Crippen LogP contribution in [-0.2, 0) is 10.0 Å². The Balaban J connectivity index is 1.89. The van der Waals surface area contributed by atoms with E-state index in [2.05, 4.69) is 13.8 Å². The van der Waals surface area contributed by atoms with E-state index in [0.29, 0.717) is 23.3 Å². The topological polar surface area (TPSA) is 37.4 Å². The predicted molar refractivity (Wildman–Crippen MR) is 75.0 cm³/mol. The van der Waals surface area contributed by atoms with Gasteiger partial charge in [0.25, 0.3) is 10.0 Å². The molecule has 1 aromatic rings. The normalized spacial score (nSPS) is 28.1. The molecule has 19 heavy (non-hydrogen) atoms. The van der Waals surface area contributed by atoms with E-state index in [1.807, 2.05) is 25.1 Å². The van der Waals surface area contributed by atoms with Crippen LogP contribution in [0.15, 0.2) is 41.4 Å². The number of allylic oxidation sites excluding steroid dienone is 1. The Morgan fingerprint density at radius 1 is 1.21 bits per heavy atom. The zero-order chi connectivity index (χ0) is 13.8. The molecular weight excluding hydrogens is 258 g/mol. The number of rotatable bonds is 2. The van der Waals surface area contributed by atoms with E-state index in [0.717, 1.165) is 5.56 Å². The van der Waals surface area contributed by atoms with Gasteiger partial charge in [-0.25, -0.2) is 8.42 Å². The molecule has 0 unspecified atom stereocenters. The molecule has 1 aliphatic carbocycles. The van der Waals surface area contributed by atoms with Crippen molar-refractivity contribution in [3.8, 4) is 0 Å². The molecule has 1 fully saturated rings. The predicted octanol–water partition coefficient (Wildman–Crippen LogP) is 2.79. The largest absolute Gasteiger partial charge is 0.273 e. The minimum Gasteiger partial charge on any atom is -0.273 e. The van der Waals surface area contributed by atoms with Gasteiger partial charge in [0.1, 0.15) is 0 Å². The zero-order valence-electron chi connectivity index (χ0n) is 11.5. The van der Waals surface area contributed by atoms with Crippen molar-refractivity contribution in [2.75, 3.05) is 6.54 Å². The van der Waals surface area contributed by atoms with E-state index in [4.69, 9.17) is 0 Å². The molecule has 0 amide bonds. The Labute approximate surface area is 115 Å². The maximum Gasteiger partial charge on any atom is 0.263 e. The lowest BCUT2D eigenvalue weighted by Crippen LogP contribution is -2.30. The molecular formula is C15H19NO2S. The summed E-state index contributed by atoms with van der Waals surface area (Å²) in [6, 6.07) is 7.04. The lowest BCUT2D eigenvalue weighted by Gasteiger charge is -2.23. The highest BCUT2D eigenvalue weighted by Gasteiger charge is 2.58. The molecule has 1 aliphatic heterocycles. The standard InChI is InChI=1S/C15H19NO2S/c1-11-4-6-12(7-5-11)19(17,18)16-9-8-13-14(10-16)15(13,2)3/h4-9,13-14H,10H2,1-3H3/t13-,14+/m1/s1. The lowest BCUT2D eigenvalue weighted by atomic mass is 10.1. The fourth-order valence-corrected chi connectivity index (χ4v) is 4.32. The third-order valence-corrected chi connectivity index (χ3v) is 6.36. The molecule has 0 N–H and O–H groups in total. The van der Waals surface area contributed by atoms with Crippen LogP contribution in [0.4, 0.5) is 0 Å². The Hall–Kier alpha value is -1.29. The average Bonchev–Trinajstić information content (AvgIpc) is 2.92. The SMILES string of the molecule is Cc1ccc(S(=O)(=O)N2C=C[C@@H]3[C@H](C2)C3(C)C)cc1. The molecule has 2 aliphatic rings. The second-order valence-electron chi connectivity index (χ2n) is 6.18. The summed E-state index contributed by atoms with van der Waals surface area (Å²) in [5, 5.41) is 0. The molecule has 0 radical (unpaired) electrons. The number of aryl methyl sites for hydroxylation is 1. The smallest absolute Gasteiger partial charge is 0.263 e. The molecule has 3 rings (SSSR count). The first-order chi connectivity index (χ1) is 8.83. The van der Waals surface area contributed by atoms with Crippen molar-refractivity contribution >= 4 is 10.0 Å². The van der Waals surface area contributed by atoms with Gasteiger partial charge in [-0.15, -0.1) is 0 Å². The van der Waals surface area contributed by atoms with Crippen molar-refractivity contribution < 1.29 is 8.42 Å². The molecule has 0 spiro atoms. The number of hydrogen-bond acceptors (Lipinski definition) is 2. The monoisotopic (exact) mass is 277 g/mol. The van der Waals surface area contributed by atoms with Gasteiger partial charge in [0, 0.05) is 12.7 Å². The summed E-state index contributed by atoms with van der Waals surface area (Å²) in [6.07, 6.45) is 3.78. The maximum absolute atomic E-state index is 12.5. The number of fused-ring (bicyclic) bond motifs is 1. The first-order valence-electron chi connectivity index (χ1n) is 6.60. The number of benzene rings is 1. The van der Waals surface area contributed by atoms with Crippen molar-refractivity contribution in [2.24, 2.45) is 17.3 Å². The van der Waals surface area contributed by atoms with E-state index in [1.165, 1.54) is 4.31 Å². The molecule has 1 aromatic carbocycles. The summed E-state index contributed by atoms with van der Waals surface area (Å²) < 4.78 is 26.6. The van der Waals surface area contributed by atoms with Gasteiger partial charge in [-0.3, -0.25) is 4.31 Å². The Kier molecular flexibility index (Phi) is 2.58. The summed E-state index contributed by atoms with van der Waals surface area (Å²) in [7, 11) is -3.39. The van der Waals surface area contributed by atoms with Crippen molar-refractivity contribution in [1.29, 1.82) is 0 Å². The summed E-state index contributed by atoms with van der Waals surface area (Å²) in [6.45, 7) is 6.96. The minimum absolute atomic E-state index is 0.244. The molecule has 4 heteroatoms. The zero-order valence-corrected chi connectivity index (χ0v) is 12.3. The van der Waals surface area contributed by atoms with Crippen molar-refractivity contribution in [2.45, 2.75) is 25.7 Å². The molecule has 102 valence electrons. The second kappa shape index (κ2) is 3.85. The van der Waals surface area contributed by atoms with Crippen LogP contribution < -0.4 is 0 Å². The quantitative estimate of drug-likeness (QED) is 0.833. The van der Waals surface area contributed by atoms with Gasteiger partial charge in [0.15, 0.2) is 0 Å². The lowest BCUT2D eigenvalue weighted by molar-refractivity contribution is 0.440. The molecule has 0 aromatic heterocycles. The van der Waals surface area contributed by atoms with Gasteiger partial charge in [-0.1, -0.05) is 37.6 Å². The van der Waals surface area contributed by atoms with Crippen LogP contribution in [0.2, 0.25) is 0 Å². The molecule has 1 heterocycles. The molecule has 0 saturated heterocycles. The summed E-state index contributed by atoms with van der Waals surface area (Å²) in [4.78, 5) is 0.375. The van der Waals surface area contributed by atoms with Crippen LogP contribution in [0.1, 0.15) is 19.4 Å². The number of sulfonamides is 1. The molecule has 3 nitrogen and oxygen atoms in total. The van der Waals surface area contributed by atoms with Crippen molar-refractivity contribution in [3.63, 3.8) is 0 Å². The minimum atomic E-state index is -3.39. The van der Waals surface area contributed by atoms with Crippen LogP contribution in [-0.4, -0.2) is 19.3 Å². The van der Waals surface area contributed by atoms with Crippen molar-refractivity contribution in [1.82, 2.24) is 4.31 Å². The highest BCUT2D eigenvalue weighted by Crippen LogP contribution is 2.60. The fraction of sp³-hybridized carbons (Fsp3) is 0.467. The fourth-order valence-electron chi connectivity index (χ4n) is 2.98. The van der Waals surface area contributed by atoms with Gasteiger partial charge >= 0.3 is 0 Å². The van der Waals surface area contributed by atoms with Gasteiger partial charge in [-0.05, 0) is 36.3 Å². The van der Waals surface area contributed by atoms with E-state index >= 15 is 0 Å². The summed E-state index contributed by atoms with van der Waals surface area (Å²) in [5.74, 6) is 0.995. The molecule has 1 saturated carbocycles. The number of hydrogen-bond donors (Lipinski definition) is 0. The highest BCUT2D eigenvalue weighted by molar-refractivity contribution is 7.89. The summed E-state index contributed by atoms with van der Waals surface area (Å²) in [5.41, 5.74) is 1.31. The number of nitrogens with zero attached hydrogens (tertiary/aromatic N) is 1. The third-order valence-electron chi connectivity index (χ3n) is 4.60. The Morgan fingerprint density at radius 3 is 2.42 bits per heavy atom.